The van der Waals surface area contributed by atoms with Crippen LogP contribution in [0.15, 0.2) is 60.7 Å². The van der Waals surface area contributed by atoms with Gasteiger partial charge in [-0.3, -0.25) is 9.80 Å². The van der Waals surface area contributed by atoms with E-state index in [1.807, 2.05) is 12.1 Å². The summed E-state index contributed by atoms with van der Waals surface area (Å²) in [7, 11) is 0. The van der Waals surface area contributed by atoms with Gasteiger partial charge in [-0.05, 0) is 179 Å². The summed E-state index contributed by atoms with van der Waals surface area (Å²) in [6, 6.07) is 21.0. The van der Waals surface area contributed by atoms with Crippen LogP contribution in [0.5, 0.6) is 11.5 Å². The zero-order valence-corrected chi connectivity index (χ0v) is 33.3. The molecule has 2 heterocycles. The first kappa shape index (κ1) is 35.7. The van der Waals surface area contributed by atoms with Crippen molar-refractivity contribution in [3.8, 4) is 11.5 Å². The number of ether oxygens (including phenoxy) is 2. The van der Waals surface area contributed by atoms with Crippen LogP contribution in [0.25, 0.3) is 0 Å². The van der Waals surface area contributed by atoms with Crippen LogP contribution in [0.1, 0.15) is 146 Å². The van der Waals surface area contributed by atoms with E-state index in [0.717, 1.165) is 24.7 Å². The molecule has 6 aliphatic carbocycles. The number of esters is 2. The normalized spacial score (nSPS) is 32.4. The Labute approximate surface area is 333 Å². The highest BCUT2D eigenvalue weighted by atomic mass is 16.5. The molecule has 2 saturated heterocycles. The molecular formula is C50H60N2O4. The van der Waals surface area contributed by atoms with E-state index in [4.69, 9.17) is 9.47 Å². The van der Waals surface area contributed by atoms with Gasteiger partial charge in [0.2, 0.25) is 0 Å². The predicted octanol–water partition coefficient (Wildman–Crippen LogP) is 9.84. The van der Waals surface area contributed by atoms with Gasteiger partial charge in [0.1, 0.15) is 11.5 Å². The summed E-state index contributed by atoms with van der Waals surface area (Å²) in [5.74, 6) is 3.53. The lowest BCUT2D eigenvalue weighted by molar-refractivity contribution is -0.0240. The van der Waals surface area contributed by atoms with Crippen LogP contribution in [0.4, 0.5) is 0 Å². The number of hydrogen-bond acceptors (Lipinski definition) is 6. The van der Waals surface area contributed by atoms with Crippen molar-refractivity contribution in [1.29, 1.82) is 0 Å². The molecule has 294 valence electrons. The second-order valence-corrected chi connectivity index (χ2v) is 19.6. The molecule has 3 aromatic rings. The number of fused-ring (bicyclic) bond motifs is 2. The zero-order chi connectivity index (χ0) is 37.4. The second kappa shape index (κ2) is 14.1. The van der Waals surface area contributed by atoms with Gasteiger partial charge in [0.25, 0.3) is 0 Å². The Morgan fingerprint density at radius 2 is 1.04 bits per heavy atom. The van der Waals surface area contributed by atoms with Crippen molar-refractivity contribution in [3.05, 3.63) is 94.0 Å². The fourth-order valence-electron chi connectivity index (χ4n) is 13.8. The first-order valence-electron chi connectivity index (χ1n) is 22.8. The van der Waals surface area contributed by atoms with Crippen molar-refractivity contribution in [2.45, 2.75) is 138 Å². The Morgan fingerprint density at radius 1 is 0.554 bits per heavy atom. The first-order valence-corrected chi connectivity index (χ1v) is 22.8. The molecule has 56 heavy (non-hydrogen) atoms. The van der Waals surface area contributed by atoms with Gasteiger partial charge in [-0.25, -0.2) is 9.59 Å². The molecule has 0 unspecified atom stereocenters. The van der Waals surface area contributed by atoms with E-state index in [1.165, 1.54) is 151 Å². The van der Waals surface area contributed by atoms with Crippen molar-refractivity contribution in [2.75, 3.05) is 26.2 Å². The maximum atomic E-state index is 13.7. The minimum absolute atomic E-state index is 0.196. The molecule has 11 rings (SSSR count). The van der Waals surface area contributed by atoms with Gasteiger partial charge in [0.05, 0.1) is 11.1 Å². The lowest BCUT2D eigenvalue weighted by atomic mass is 9.52. The molecule has 3 aromatic carbocycles. The van der Waals surface area contributed by atoms with Crippen LogP contribution in [-0.2, 0) is 23.7 Å². The van der Waals surface area contributed by atoms with Gasteiger partial charge in [0, 0.05) is 36.0 Å². The van der Waals surface area contributed by atoms with Crippen LogP contribution < -0.4 is 9.47 Å². The minimum atomic E-state index is -0.435. The van der Waals surface area contributed by atoms with Crippen LogP contribution in [-0.4, -0.2) is 60.0 Å². The average molecular weight is 753 g/mol. The van der Waals surface area contributed by atoms with Gasteiger partial charge in [-0.2, -0.15) is 0 Å². The molecule has 0 radical (unpaired) electrons. The quantitative estimate of drug-likeness (QED) is 0.169. The molecule has 4 saturated carbocycles. The van der Waals surface area contributed by atoms with E-state index in [2.05, 4.69) is 34.1 Å². The minimum Gasteiger partial charge on any atom is -0.423 e. The second-order valence-electron chi connectivity index (χ2n) is 19.6. The fourth-order valence-corrected chi connectivity index (χ4v) is 13.8. The van der Waals surface area contributed by atoms with Gasteiger partial charge in [-0.1, -0.05) is 56.7 Å². The van der Waals surface area contributed by atoms with E-state index in [9.17, 15) is 9.59 Å². The van der Waals surface area contributed by atoms with E-state index >= 15 is 0 Å². The standard InChI is InChI=1S/C50H60N2O4/c53-47(55-39-18-16-35-27-45-41-14-1-3-20-49(41,43(35)29-39)22-24-51(45)31-33-8-5-9-33)37-12-7-13-38(26-37)48(54)56-40-19-17-36-28-46-42-15-2-4-21-50(42,44(36)30-40)23-25-52(46)32-34-10-6-11-34/h7,12-13,16-19,26,29-30,33-34,41-42,45-46H,1-6,8-11,14-15,20-25,27-28,31-32H2/t41-,42-,45-,46-,49-,50-/m0/s1. The highest BCUT2D eigenvalue weighted by Gasteiger charge is 2.55. The van der Waals surface area contributed by atoms with E-state index in [-0.39, 0.29) is 10.8 Å². The Hall–Kier alpha value is -3.48. The van der Waals surface area contributed by atoms with E-state index < -0.39 is 11.9 Å². The molecule has 6 atom stereocenters. The number of piperidine rings is 2. The summed E-state index contributed by atoms with van der Waals surface area (Å²) in [6.45, 7) is 4.94. The molecule has 0 spiro atoms. The van der Waals surface area contributed by atoms with Crippen molar-refractivity contribution in [3.63, 3.8) is 0 Å². The Balaban J connectivity index is 0.795. The summed E-state index contributed by atoms with van der Waals surface area (Å²) in [5.41, 5.74) is 6.89. The number of rotatable bonds is 8. The summed E-state index contributed by atoms with van der Waals surface area (Å²) < 4.78 is 12.2. The lowest BCUT2D eigenvalue weighted by Gasteiger charge is -2.59. The molecule has 0 aromatic heterocycles. The van der Waals surface area contributed by atoms with E-state index in [0.29, 0.717) is 46.5 Å². The van der Waals surface area contributed by atoms with Crippen LogP contribution in [0.2, 0.25) is 0 Å². The number of likely N-dealkylation sites (tertiary alicyclic amines) is 2. The van der Waals surface area contributed by atoms with E-state index in [1.54, 1.807) is 24.3 Å². The molecule has 0 amide bonds. The number of carbonyl (C=O) groups is 2. The van der Waals surface area contributed by atoms with Crippen molar-refractivity contribution < 1.29 is 19.1 Å². The third-order valence-corrected chi connectivity index (χ3v) is 17.0. The molecule has 8 aliphatic rings. The average Bonchev–Trinajstić information content (AvgIpc) is 3.19. The van der Waals surface area contributed by atoms with Crippen LogP contribution in [0, 0.1) is 23.7 Å². The molecule has 2 aliphatic heterocycles. The number of benzene rings is 3. The molecular weight excluding hydrogens is 693 g/mol. The number of hydrogen-bond donors (Lipinski definition) is 0. The summed E-state index contributed by atoms with van der Waals surface area (Å²) in [5, 5.41) is 0. The van der Waals surface area contributed by atoms with Crippen molar-refractivity contribution >= 4 is 11.9 Å². The molecule has 0 N–H and O–H groups in total. The SMILES string of the molecule is O=C(Oc1ccc2c(c1)[C@]13CCCC[C@H]1[C@H](C2)N(CC1CCC1)CC3)c1cccc(C(=O)Oc2ccc3c(c2)[C@]24CCCC[C@H]2[C@H](C3)N(CC2CCC2)CC4)c1. The fraction of sp³-hybridized carbons (Fsp3) is 0.600. The molecule has 6 nitrogen and oxygen atoms in total. The summed E-state index contributed by atoms with van der Waals surface area (Å²) in [4.78, 5) is 33.1. The topological polar surface area (TPSA) is 59.1 Å². The highest BCUT2D eigenvalue weighted by Crippen LogP contribution is 2.58. The number of carbonyl (C=O) groups excluding carboxylic acids is 2. The molecule has 6 heteroatoms. The maximum absolute atomic E-state index is 13.7. The predicted molar refractivity (Wildman–Crippen MR) is 219 cm³/mol. The van der Waals surface area contributed by atoms with Crippen LogP contribution >= 0.6 is 0 Å². The highest BCUT2D eigenvalue weighted by molar-refractivity contribution is 5.96. The Morgan fingerprint density at radius 3 is 1.48 bits per heavy atom. The van der Waals surface area contributed by atoms with Gasteiger partial charge in [0.15, 0.2) is 0 Å². The van der Waals surface area contributed by atoms with Crippen LogP contribution in [0.3, 0.4) is 0 Å². The van der Waals surface area contributed by atoms with Gasteiger partial charge >= 0.3 is 11.9 Å². The monoisotopic (exact) mass is 752 g/mol. The van der Waals surface area contributed by atoms with Gasteiger partial charge < -0.3 is 9.47 Å². The maximum Gasteiger partial charge on any atom is 0.343 e. The largest absolute Gasteiger partial charge is 0.423 e. The third-order valence-electron chi connectivity index (χ3n) is 17.0. The zero-order valence-electron chi connectivity index (χ0n) is 33.3. The Bertz CT molecular complexity index is 1880. The van der Waals surface area contributed by atoms with Crippen molar-refractivity contribution in [2.24, 2.45) is 23.7 Å². The lowest BCUT2D eigenvalue weighted by Crippen LogP contribution is -2.61. The van der Waals surface area contributed by atoms with Crippen molar-refractivity contribution in [1.82, 2.24) is 9.80 Å². The molecule has 4 bridgehead atoms. The Kier molecular flexibility index (Phi) is 8.99. The number of nitrogens with zero attached hydrogens (tertiary/aromatic N) is 2. The summed E-state index contributed by atoms with van der Waals surface area (Å²) in [6.07, 6.45) is 23.4. The van der Waals surface area contributed by atoms with Gasteiger partial charge in [-0.15, -0.1) is 0 Å². The summed E-state index contributed by atoms with van der Waals surface area (Å²) >= 11 is 0. The molecule has 6 fully saturated rings. The third kappa shape index (κ3) is 5.93. The smallest absolute Gasteiger partial charge is 0.343 e. The first-order chi connectivity index (χ1) is 27.5.